The Hall–Kier alpha value is -0.690. The number of rotatable bonds is 6. The molecule has 0 amide bonds. The molecule has 0 fully saturated rings. The van der Waals surface area contributed by atoms with Crippen LogP contribution in [0.4, 0.5) is 4.39 Å². The summed E-state index contributed by atoms with van der Waals surface area (Å²) in [5.74, 6) is -0.744. The van der Waals surface area contributed by atoms with Crippen molar-refractivity contribution in [3.8, 4) is 0 Å². The standard InChI is InChI=1S/C10H13ClFNO3S/c11-9-6-8(2-3-10(9)12)7-13-4-1-5-17(14,15)16/h2-3,6,13H,1,4-5,7H2,(H,14,15,16). The quantitative estimate of drug-likeness (QED) is 0.617. The molecule has 0 aliphatic carbocycles. The van der Waals surface area contributed by atoms with Gasteiger partial charge >= 0.3 is 0 Å². The van der Waals surface area contributed by atoms with Crippen molar-refractivity contribution < 1.29 is 17.4 Å². The Bertz CT molecular complexity index is 478. The second-order valence-electron chi connectivity index (χ2n) is 3.56. The first-order chi connectivity index (χ1) is 7.88. The SMILES string of the molecule is O=S(=O)(O)CCCNCc1ccc(F)c(Cl)c1. The molecule has 0 saturated heterocycles. The van der Waals surface area contributed by atoms with Gasteiger partial charge in [0.25, 0.3) is 10.1 Å². The van der Waals surface area contributed by atoms with Gasteiger partial charge in [0, 0.05) is 6.54 Å². The Morgan fingerprint density at radius 3 is 2.71 bits per heavy atom. The summed E-state index contributed by atoms with van der Waals surface area (Å²) in [5.41, 5.74) is 0.809. The second kappa shape index (κ2) is 6.30. The summed E-state index contributed by atoms with van der Waals surface area (Å²) in [4.78, 5) is 0. The predicted molar refractivity (Wildman–Crippen MR) is 64.1 cm³/mol. The fourth-order valence-corrected chi connectivity index (χ4v) is 1.97. The zero-order valence-electron chi connectivity index (χ0n) is 8.99. The zero-order chi connectivity index (χ0) is 12.9. The van der Waals surface area contributed by atoms with E-state index in [0.29, 0.717) is 19.5 Å². The van der Waals surface area contributed by atoms with E-state index >= 15 is 0 Å². The van der Waals surface area contributed by atoms with Gasteiger partial charge in [0.1, 0.15) is 5.82 Å². The van der Waals surface area contributed by atoms with Crippen LogP contribution in [0.5, 0.6) is 0 Å². The molecule has 0 saturated carbocycles. The summed E-state index contributed by atoms with van der Waals surface area (Å²) in [7, 11) is -3.89. The molecule has 0 unspecified atom stereocenters. The van der Waals surface area contributed by atoms with Crippen molar-refractivity contribution in [2.75, 3.05) is 12.3 Å². The lowest BCUT2D eigenvalue weighted by Gasteiger charge is -2.05. The molecule has 1 aromatic carbocycles. The molecule has 0 radical (unpaired) electrons. The van der Waals surface area contributed by atoms with Crippen LogP contribution < -0.4 is 5.32 Å². The van der Waals surface area contributed by atoms with E-state index in [0.717, 1.165) is 5.56 Å². The topological polar surface area (TPSA) is 66.4 Å². The van der Waals surface area contributed by atoms with Crippen molar-refractivity contribution in [3.05, 3.63) is 34.6 Å². The van der Waals surface area contributed by atoms with Crippen LogP contribution in [0.1, 0.15) is 12.0 Å². The van der Waals surface area contributed by atoms with Crippen molar-refractivity contribution >= 4 is 21.7 Å². The van der Waals surface area contributed by atoms with Gasteiger partial charge in [-0.2, -0.15) is 8.42 Å². The largest absolute Gasteiger partial charge is 0.313 e. The van der Waals surface area contributed by atoms with Crippen molar-refractivity contribution in [1.82, 2.24) is 5.32 Å². The number of nitrogens with one attached hydrogen (secondary N) is 1. The van der Waals surface area contributed by atoms with Crippen LogP contribution in [0, 0.1) is 5.82 Å². The highest BCUT2D eigenvalue weighted by molar-refractivity contribution is 7.85. The van der Waals surface area contributed by atoms with Gasteiger partial charge in [-0.3, -0.25) is 4.55 Å². The zero-order valence-corrected chi connectivity index (χ0v) is 10.6. The van der Waals surface area contributed by atoms with Gasteiger partial charge in [-0.15, -0.1) is 0 Å². The summed E-state index contributed by atoms with van der Waals surface area (Å²) in [6.45, 7) is 0.903. The fraction of sp³-hybridized carbons (Fsp3) is 0.400. The highest BCUT2D eigenvalue weighted by Gasteiger charge is 2.03. The van der Waals surface area contributed by atoms with Crippen molar-refractivity contribution in [2.24, 2.45) is 0 Å². The third-order valence-corrected chi connectivity index (χ3v) is 3.16. The van der Waals surface area contributed by atoms with Gasteiger partial charge < -0.3 is 5.32 Å². The van der Waals surface area contributed by atoms with E-state index in [9.17, 15) is 12.8 Å². The summed E-state index contributed by atoms with van der Waals surface area (Å²) >= 11 is 5.60. The molecule has 1 rings (SSSR count). The maximum atomic E-state index is 12.8. The smallest absolute Gasteiger partial charge is 0.264 e. The summed E-state index contributed by atoms with van der Waals surface area (Å²) in [5, 5.41) is 3.02. The maximum absolute atomic E-state index is 12.8. The lowest BCUT2D eigenvalue weighted by atomic mass is 10.2. The molecule has 96 valence electrons. The van der Waals surface area contributed by atoms with E-state index in [4.69, 9.17) is 16.2 Å². The van der Waals surface area contributed by atoms with E-state index < -0.39 is 15.9 Å². The Labute approximate surface area is 105 Å². The molecule has 0 aliphatic heterocycles. The Morgan fingerprint density at radius 1 is 1.41 bits per heavy atom. The van der Waals surface area contributed by atoms with Gasteiger partial charge in [-0.05, 0) is 30.7 Å². The maximum Gasteiger partial charge on any atom is 0.264 e. The molecule has 0 heterocycles. The molecule has 1 aromatic rings. The minimum absolute atomic E-state index is 0.0576. The van der Waals surface area contributed by atoms with Crippen LogP contribution in [0.3, 0.4) is 0 Å². The molecule has 0 atom stereocenters. The van der Waals surface area contributed by atoms with E-state index in [1.54, 1.807) is 6.07 Å². The van der Waals surface area contributed by atoms with Crippen LogP contribution in [-0.2, 0) is 16.7 Å². The average molecular weight is 282 g/mol. The molecule has 17 heavy (non-hydrogen) atoms. The Morgan fingerprint density at radius 2 is 2.12 bits per heavy atom. The monoisotopic (exact) mass is 281 g/mol. The third kappa shape index (κ3) is 5.97. The van der Waals surface area contributed by atoms with Crippen LogP contribution in [0.2, 0.25) is 5.02 Å². The van der Waals surface area contributed by atoms with Gasteiger partial charge in [0.15, 0.2) is 0 Å². The molecule has 0 aromatic heterocycles. The Balaban J connectivity index is 2.29. The predicted octanol–water partition coefficient (Wildman–Crippen LogP) is 1.85. The molecule has 4 nitrogen and oxygen atoms in total. The lowest BCUT2D eigenvalue weighted by molar-refractivity contribution is 0.479. The highest BCUT2D eigenvalue weighted by Crippen LogP contribution is 2.15. The van der Waals surface area contributed by atoms with Gasteiger partial charge in [-0.25, -0.2) is 4.39 Å². The number of hydrogen-bond donors (Lipinski definition) is 2. The van der Waals surface area contributed by atoms with Crippen LogP contribution in [0.15, 0.2) is 18.2 Å². The summed E-state index contributed by atoms with van der Waals surface area (Å²) in [6, 6.07) is 4.38. The fourth-order valence-electron chi connectivity index (χ4n) is 1.26. The van der Waals surface area contributed by atoms with Crippen LogP contribution in [0.25, 0.3) is 0 Å². The normalized spacial score (nSPS) is 11.7. The number of hydrogen-bond acceptors (Lipinski definition) is 3. The van der Waals surface area contributed by atoms with E-state index in [2.05, 4.69) is 5.32 Å². The van der Waals surface area contributed by atoms with E-state index in [1.807, 2.05) is 0 Å². The first kappa shape index (κ1) is 14.4. The minimum Gasteiger partial charge on any atom is -0.313 e. The second-order valence-corrected chi connectivity index (χ2v) is 5.54. The van der Waals surface area contributed by atoms with Crippen LogP contribution in [-0.4, -0.2) is 25.3 Å². The molecule has 0 aliphatic rings. The van der Waals surface area contributed by atoms with Crippen molar-refractivity contribution in [2.45, 2.75) is 13.0 Å². The molecule has 0 spiro atoms. The molecule has 0 bridgehead atoms. The molecular formula is C10H13ClFNO3S. The molecular weight excluding hydrogens is 269 g/mol. The van der Waals surface area contributed by atoms with Crippen molar-refractivity contribution in [3.63, 3.8) is 0 Å². The summed E-state index contributed by atoms with van der Waals surface area (Å²) in [6.07, 6.45) is 0.313. The number of benzene rings is 1. The van der Waals surface area contributed by atoms with E-state index in [-0.39, 0.29) is 10.8 Å². The van der Waals surface area contributed by atoms with Gasteiger partial charge in [-0.1, -0.05) is 17.7 Å². The van der Waals surface area contributed by atoms with Crippen LogP contribution >= 0.6 is 11.6 Å². The molecule has 7 heteroatoms. The molecule has 2 N–H and O–H groups in total. The highest BCUT2D eigenvalue weighted by atomic mass is 35.5. The number of halogens is 2. The minimum atomic E-state index is -3.89. The van der Waals surface area contributed by atoms with Crippen molar-refractivity contribution in [1.29, 1.82) is 0 Å². The summed E-state index contributed by atoms with van der Waals surface area (Å²) < 4.78 is 42.1. The van der Waals surface area contributed by atoms with Gasteiger partial charge in [0.05, 0.1) is 10.8 Å². The van der Waals surface area contributed by atoms with E-state index in [1.165, 1.54) is 12.1 Å². The first-order valence-electron chi connectivity index (χ1n) is 4.98. The van der Waals surface area contributed by atoms with Gasteiger partial charge in [0.2, 0.25) is 0 Å². The first-order valence-corrected chi connectivity index (χ1v) is 6.97. The Kier molecular flexibility index (Phi) is 5.32. The average Bonchev–Trinajstić information content (AvgIpc) is 2.21. The third-order valence-electron chi connectivity index (χ3n) is 2.07. The lowest BCUT2D eigenvalue weighted by Crippen LogP contribution is -2.18.